The first-order valence-electron chi connectivity index (χ1n) is 13.0. The van der Waals surface area contributed by atoms with Gasteiger partial charge in [-0.25, -0.2) is 4.98 Å². The number of carbonyl (C=O) groups is 1. The Balaban J connectivity index is 1.85. The molecule has 36 heavy (non-hydrogen) atoms. The molecule has 0 aliphatic carbocycles. The smallest absolute Gasteiger partial charge is 0.266 e. The summed E-state index contributed by atoms with van der Waals surface area (Å²) in [5, 5.41) is 0.574. The van der Waals surface area contributed by atoms with Gasteiger partial charge in [0.15, 0.2) is 0 Å². The predicted octanol–water partition coefficient (Wildman–Crippen LogP) is 6.41. The van der Waals surface area contributed by atoms with E-state index in [0.29, 0.717) is 36.1 Å². The van der Waals surface area contributed by atoms with Crippen molar-refractivity contribution in [2.24, 2.45) is 0 Å². The van der Waals surface area contributed by atoms with E-state index >= 15 is 0 Å². The van der Waals surface area contributed by atoms with Gasteiger partial charge in [-0.2, -0.15) is 0 Å². The Morgan fingerprint density at radius 2 is 1.64 bits per heavy atom. The molecule has 4 rings (SSSR count). The van der Waals surface area contributed by atoms with Crippen molar-refractivity contribution in [3.63, 3.8) is 0 Å². The summed E-state index contributed by atoms with van der Waals surface area (Å²) in [6.07, 6.45) is 3.69. The molecule has 0 spiro atoms. The Morgan fingerprint density at radius 3 is 2.33 bits per heavy atom. The number of aryl methyl sites for hydroxylation is 1. The van der Waals surface area contributed by atoms with Crippen LogP contribution in [0.4, 0.5) is 0 Å². The zero-order valence-corrected chi connectivity index (χ0v) is 21.5. The van der Waals surface area contributed by atoms with Crippen LogP contribution in [0, 0.1) is 6.92 Å². The molecule has 5 nitrogen and oxygen atoms in total. The van der Waals surface area contributed by atoms with Crippen LogP contribution in [0.2, 0.25) is 0 Å². The Kier molecular flexibility index (Phi) is 8.32. The van der Waals surface area contributed by atoms with Crippen molar-refractivity contribution >= 4 is 16.8 Å². The Hall–Kier alpha value is -3.73. The van der Waals surface area contributed by atoms with Gasteiger partial charge in [0, 0.05) is 13.0 Å². The highest BCUT2D eigenvalue weighted by molar-refractivity contribution is 5.79. The molecule has 1 aromatic heterocycles. The summed E-state index contributed by atoms with van der Waals surface area (Å²) in [5.41, 5.74) is 3.61. The van der Waals surface area contributed by atoms with Crippen LogP contribution in [0.25, 0.3) is 16.6 Å². The van der Waals surface area contributed by atoms with E-state index in [1.807, 2.05) is 78.6 Å². The van der Waals surface area contributed by atoms with E-state index in [-0.39, 0.29) is 17.5 Å². The van der Waals surface area contributed by atoms with Gasteiger partial charge in [0.1, 0.15) is 5.82 Å². The summed E-state index contributed by atoms with van der Waals surface area (Å²) in [7, 11) is 0. The number of aromatic nitrogens is 2. The van der Waals surface area contributed by atoms with E-state index in [1.165, 1.54) is 5.56 Å². The number of fused-ring (bicyclic) bond motifs is 1. The molecular weight excluding hydrogens is 446 g/mol. The lowest BCUT2D eigenvalue weighted by molar-refractivity contribution is -0.134. The van der Waals surface area contributed by atoms with E-state index in [4.69, 9.17) is 4.98 Å². The molecule has 1 heterocycles. The van der Waals surface area contributed by atoms with Gasteiger partial charge >= 0.3 is 0 Å². The number of para-hydroxylation sites is 1. The first-order chi connectivity index (χ1) is 17.5. The first-order valence-corrected chi connectivity index (χ1v) is 13.0. The van der Waals surface area contributed by atoms with Crippen LogP contribution in [0.15, 0.2) is 83.7 Å². The molecule has 1 amide bonds. The van der Waals surface area contributed by atoms with Crippen molar-refractivity contribution in [3.8, 4) is 5.69 Å². The third-order valence-electron chi connectivity index (χ3n) is 6.70. The average Bonchev–Trinajstić information content (AvgIpc) is 2.91. The van der Waals surface area contributed by atoms with E-state index in [1.54, 1.807) is 4.57 Å². The summed E-state index contributed by atoms with van der Waals surface area (Å²) < 4.78 is 1.71. The molecule has 5 heteroatoms. The van der Waals surface area contributed by atoms with Crippen LogP contribution in [-0.2, 0) is 11.2 Å². The standard InChI is InChI=1S/C31H35N3O2/c1-4-6-16-29(35)33(22-21-24-12-8-7-9-13-24)28(5-2)30-32-27-15-11-10-14-26(27)31(36)34(30)25-19-17-23(3)18-20-25/h7-15,17-20,28H,4-6,16,21-22H2,1-3H3. The summed E-state index contributed by atoms with van der Waals surface area (Å²) in [4.78, 5) is 34.3. The van der Waals surface area contributed by atoms with Gasteiger partial charge in [0.2, 0.25) is 5.91 Å². The lowest BCUT2D eigenvalue weighted by atomic mass is 10.1. The molecule has 3 aromatic carbocycles. The van der Waals surface area contributed by atoms with E-state index in [2.05, 4.69) is 26.0 Å². The molecule has 0 aliphatic heterocycles. The minimum Gasteiger partial charge on any atom is -0.332 e. The van der Waals surface area contributed by atoms with Crippen molar-refractivity contribution in [2.45, 2.75) is 58.9 Å². The largest absolute Gasteiger partial charge is 0.332 e. The Morgan fingerprint density at radius 1 is 0.944 bits per heavy atom. The number of hydrogen-bond donors (Lipinski definition) is 0. The molecular formula is C31H35N3O2. The van der Waals surface area contributed by atoms with Gasteiger partial charge in [-0.3, -0.25) is 14.2 Å². The molecule has 4 aromatic rings. The molecule has 0 fully saturated rings. The predicted molar refractivity (Wildman–Crippen MR) is 146 cm³/mol. The first kappa shape index (κ1) is 25.4. The summed E-state index contributed by atoms with van der Waals surface area (Å²) in [6.45, 7) is 6.76. The fourth-order valence-corrected chi connectivity index (χ4v) is 4.68. The van der Waals surface area contributed by atoms with E-state index in [9.17, 15) is 9.59 Å². The Labute approximate surface area is 213 Å². The number of benzene rings is 3. The molecule has 1 unspecified atom stereocenters. The second-order valence-electron chi connectivity index (χ2n) is 9.31. The monoisotopic (exact) mass is 481 g/mol. The molecule has 0 bridgehead atoms. The van der Waals surface area contributed by atoms with Crippen LogP contribution in [0.5, 0.6) is 0 Å². The average molecular weight is 482 g/mol. The zero-order chi connectivity index (χ0) is 25.5. The van der Waals surface area contributed by atoms with Gasteiger partial charge < -0.3 is 4.90 Å². The van der Waals surface area contributed by atoms with Crippen LogP contribution >= 0.6 is 0 Å². The lowest BCUT2D eigenvalue weighted by Gasteiger charge is -2.32. The molecule has 186 valence electrons. The number of hydrogen-bond acceptors (Lipinski definition) is 3. The van der Waals surface area contributed by atoms with Crippen molar-refractivity contribution in [3.05, 3.63) is 106 Å². The molecule has 0 aliphatic rings. The highest BCUT2D eigenvalue weighted by atomic mass is 16.2. The minimum atomic E-state index is -0.323. The van der Waals surface area contributed by atoms with Gasteiger partial charge in [0.25, 0.3) is 5.56 Å². The highest BCUT2D eigenvalue weighted by Crippen LogP contribution is 2.27. The molecule has 0 N–H and O–H groups in total. The molecule has 0 radical (unpaired) electrons. The number of nitrogens with zero attached hydrogens (tertiary/aromatic N) is 3. The normalized spacial score (nSPS) is 12.0. The van der Waals surface area contributed by atoms with Crippen molar-refractivity contribution in [2.75, 3.05) is 6.54 Å². The molecule has 0 saturated carbocycles. The van der Waals surface area contributed by atoms with Gasteiger partial charge in [-0.15, -0.1) is 0 Å². The summed E-state index contributed by atoms with van der Waals surface area (Å²) in [5.74, 6) is 0.723. The van der Waals surface area contributed by atoms with Gasteiger partial charge in [0.05, 0.1) is 22.6 Å². The van der Waals surface area contributed by atoms with Gasteiger partial charge in [-0.05, 0) is 56.0 Å². The van der Waals surface area contributed by atoms with Crippen LogP contribution in [0.1, 0.15) is 62.5 Å². The Bertz CT molecular complexity index is 1360. The topological polar surface area (TPSA) is 55.2 Å². The fourth-order valence-electron chi connectivity index (χ4n) is 4.68. The van der Waals surface area contributed by atoms with Crippen molar-refractivity contribution < 1.29 is 4.79 Å². The minimum absolute atomic E-state index is 0.109. The second kappa shape index (κ2) is 11.8. The quantitative estimate of drug-likeness (QED) is 0.263. The van der Waals surface area contributed by atoms with Gasteiger partial charge in [-0.1, -0.05) is 80.4 Å². The number of rotatable bonds is 10. The maximum atomic E-state index is 13.8. The van der Waals surface area contributed by atoms with Crippen molar-refractivity contribution in [1.82, 2.24) is 14.5 Å². The third-order valence-corrected chi connectivity index (χ3v) is 6.70. The van der Waals surface area contributed by atoms with E-state index < -0.39 is 0 Å². The number of carbonyl (C=O) groups excluding carboxylic acids is 1. The third kappa shape index (κ3) is 5.56. The molecule has 0 saturated heterocycles. The van der Waals surface area contributed by atoms with Crippen LogP contribution in [0.3, 0.4) is 0 Å². The summed E-state index contributed by atoms with van der Waals surface area (Å²) >= 11 is 0. The molecule has 1 atom stereocenters. The summed E-state index contributed by atoms with van der Waals surface area (Å²) in [6, 6.07) is 25.3. The van der Waals surface area contributed by atoms with Crippen LogP contribution < -0.4 is 5.56 Å². The van der Waals surface area contributed by atoms with Crippen LogP contribution in [-0.4, -0.2) is 26.9 Å². The maximum absolute atomic E-state index is 13.8. The maximum Gasteiger partial charge on any atom is 0.266 e. The highest BCUT2D eigenvalue weighted by Gasteiger charge is 2.28. The second-order valence-corrected chi connectivity index (χ2v) is 9.31. The number of amides is 1. The lowest BCUT2D eigenvalue weighted by Crippen LogP contribution is -2.39. The number of unbranched alkanes of at least 4 members (excludes halogenated alkanes) is 1. The SMILES string of the molecule is CCCCC(=O)N(CCc1ccccc1)C(CC)c1nc2ccccc2c(=O)n1-c1ccc(C)cc1. The van der Waals surface area contributed by atoms with E-state index in [0.717, 1.165) is 30.5 Å². The van der Waals surface area contributed by atoms with Crippen molar-refractivity contribution in [1.29, 1.82) is 0 Å². The zero-order valence-electron chi connectivity index (χ0n) is 21.5. The fraction of sp³-hybridized carbons (Fsp3) is 0.323.